The lowest BCUT2D eigenvalue weighted by Gasteiger charge is -2.45. The van der Waals surface area contributed by atoms with E-state index in [9.17, 15) is 9.59 Å². The van der Waals surface area contributed by atoms with Gasteiger partial charge in [0.1, 0.15) is 11.4 Å². The van der Waals surface area contributed by atoms with Crippen molar-refractivity contribution in [2.45, 2.75) is 44.9 Å². The Kier molecular flexibility index (Phi) is 5.83. The topological polar surface area (TPSA) is 98.6 Å². The van der Waals surface area contributed by atoms with E-state index in [1.807, 2.05) is 23.8 Å². The molecule has 0 aliphatic carbocycles. The molecule has 1 amide bonds. The summed E-state index contributed by atoms with van der Waals surface area (Å²) >= 11 is 0. The highest BCUT2D eigenvalue weighted by Gasteiger charge is 2.47. The quantitative estimate of drug-likeness (QED) is 0.741. The van der Waals surface area contributed by atoms with Gasteiger partial charge in [0, 0.05) is 31.7 Å². The molecule has 2 aromatic heterocycles. The third kappa shape index (κ3) is 4.08. The number of carbonyl (C=O) groups is 2. The average molecular weight is 413 g/mol. The maximum Gasteiger partial charge on any atom is 0.320 e. The van der Waals surface area contributed by atoms with Crippen LogP contribution in [0.1, 0.15) is 31.3 Å². The number of piperidine rings is 1. The lowest BCUT2D eigenvalue weighted by molar-refractivity contribution is -0.171. The molecule has 0 bridgehead atoms. The van der Waals surface area contributed by atoms with Crippen LogP contribution in [0.25, 0.3) is 0 Å². The Morgan fingerprint density at radius 2 is 2.10 bits per heavy atom. The predicted octanol–water partition coefficient (Wildman–Crippen LogP) is 1.48. The second-order valence-corrected chi connectivity index (χ2v) is 7.71. The molecule has 0 aromatic carbocycles. The number of aryl methyl sites for hydroxylation is 1. The molecule has 1 spiro atoms. The van der Waals surface area contributed by atoms with Gasteiger partial charge >= 0.3 is 5.97 Å². The summed E-state index contributed by atoms with van der Waals surface area (Å²) in [6.07, 6.45) is 6.00. The van der Waals surface area contributed by atoms with Gasteiger partial charge in [0.25, 0.3) is 5.91 Å². The molecule has 0 radical (unpaired) electrons. The summed E-state index contributed by atoms with van der Waals surface area (Å²) in [6.45, 7) is 6.05. The summed E-state index contributed by atoms with van der Waals surface area (Å²) in [7, 11) is 0. The molecular formula is C21H27N5O4. The number of fused-ring (bicyclic) bond motifs is 2. The fourth-order valence-corrected chi connectivity index (χ4v) is 4.17. The molecule has 1 saturated heterocycles. The molecule has 0 saturated carbocycles. The van der Waals surface area contributed by atoms with Gasteiger partial charge < -0.3 is 19.4 Å². The van der Waals surface area contributed by atoms with Crippen molar-refractivity contribution >= 4 is 17.6 Å². The van der Waals surface area contributed by atoms with Crippen LogP contribution in [0.5, 0.6) is 0 Å². The van der Waals surface area contributed by atoms with Gasteiger partial charge in [-0.1, -0.05) is 0 Å². The Balaban J connectivity index is 1.47. The van der Waals surface area contributed by atoms with Crippen LogP contribution in [0.15, 0.2) is 30.7 Å². The Labute approximate surface area is 175 Å². The summed E-state index contributed by atoms with van der Waals surface area (Å²) in [5.74, 6) is 0.433. The van der Waals surface area contributed by atoms with E-state index in [2.05, 4.69) is 20.2 Å². The molecule has 2 aromatic rings. The van der Waals surface area contributed by atoms with Crippen LogP contribution in [0.3, 0.4) is 0 Å². The first-order chi connectivity index (χ1) is 14.5. The van der Waals surface area contributed by atoms with Crippen molar-refractivity contribution in [3.8, 4) is 0 Å². The molecule has 1 fully saturated rings. The second kappa shape index (κ2) is 8.53. The molecule has 4 rings (SSSR count). The monoisotopic (exact) mass is 413 g/mol. The first kappa shape index (κ1) is 20.5. The molecule has 160 valence electrons. The first-order valence-corrected chi connectivity index (χ1v) is 10.3. The van der Waals surface area contributed by atoms with Crippen LogP contribution in [-0.2, 0) is 31.2 Å². The van der Waals surface area contributed by atoms with E-state index >= 15 is 0 Å². The summed E-state index contributed by atoms with van der Waals surface area (Å²) in [6, 6.07) is 3.62. The highest BCUT2D eigenvalue weighted by molar-refractivity contribution is 5.94. The number of amides is 1. The van der Waals surface area contributed by atoms with Gasteiger partial charge in [-0.25, -0.2) is 4.98 Å². The lowest BCUT2D eigenvalue weighted by Crippen LogP contribution is -2.53. The van der Waals surface area contributed by atoms with Crippen molar-refractivity contribution in [2.75, 3.05) is 31.6 Å². The molecule has 9 heteroatoms. The fraction of sp³-hybridized carbons (Fsp3) is 0.524. The third-order valence-corrected chi connectivity index (χ3v) is 5.73. The molecule has 2 aliphatic heterocycles. The average Bonchev–Trinajstić information content (AvgIpc) is 3.21. The smallest absolute Gasteiger partial charge is 0.320 e. The zero-order valence-corrected chi connectivity index (χ0v) is 17.3. The molecule has 1 N–H and O–H groups in total. The molecule has 0 unspecified atom stereocenters. The molecular weight excluding hydrogens is 386 g/mol. The van der Waals surface area contributed by atoms with Crippen molar-refractivity contribution in [1.82, 2.24) is 19.4 Å². The number of hydrogen-bond donors (Lipinski definition) is 1. The van der Waals surface area contributed by atoms with Crippen molar-refractivity contribution in [3.05, 3.63) is 42.2 Å². The number of rotatable bonds is 5. The SMILES string of the molecule is CCOC(=O)CN1CCC2(CC1)O[C@H](C(=O)Nc1cccnc1C)Cn1ccnc12. The Bertz CT molecular complexity index is 920. The second-order valence-electron chi connectivity index (χ2n) is 7.71. The number of nitrogens with zero attached hydrogens (tertiary/aromatic N) is 4. The van der Waals surface area contributed by atoms with Gasteiger partial charge in [-0.3, -0.25) is 19.5 Å². The minimum atomic E-state index is -0.640. The van der Waals surface area contributed by atoms with E-state index in [-0.39, 0.29) is 18.4 Å². The number of aromatic nitrogens is 3. The normalized spacial score (nSPS) is 20.5. The number of carbonyl (C=O) groups excluding carboxylic acids is 2. The molecule has 30 heavy (non-hydrogen) atoms. The summed E-state index contributed by atoms with van der Waals surface area (Å²) < 4.78 is 13.5. The van der Waals surface area contributed by atoms with Crippen LogP contribution in [0.4, 0.5) is 5.69 Å². The number of hydrogen-bond acceptors (Lipinski definition) is 7. The molecule has 4 heterocycles. The largest absolute Gasteiger partial charge is 0.465 e. The van der Waals surface area contributed by atoms with Crippen LogP contribution < -0.4 is 5.32 Å². The Morgan fingerprint density at radius 1 is 1.30 bits per heavy atom. The van der Waals surface area contributed by atoms with Crippen molar-refractivity contribution in [3.63, 3.8) is 0 Å². The fourth-order valence-electron chi connectivity index (χ4n) is 4.17. The van der Waals surface area contributed by atoms with Gasteiger partial charge in [-0.05, 0) is 38.8 Å². The van der Waals surface area contributed by atoms with E-state index < -0.39 is 11.7 Å². The van der Waals surface area contributed by atoms with Gasteiger partial charge in [0.05, 0.1) is 31.1 Å². The van der Waals surface area contributed by atoms with E-state index in [0.717, 1.165) is 11.5 Å². The first-order valence-electron chi connectivity index (χ1n) is 10.3. The van der Waals surface area contributed by atoms with Gasteiger partial charge in [0.2, 0.25) is 0 Å². The van der Waals surface area contributed by atoms with E-state index in [4.69, 9.17) is 9.47 Å². The van der Waals surface area contributed by atoms with Gasteiger partial charge in [0.15, 0.2) is 6.10 Å². The molecule has 1 atom stereocenters. The summed E-state index contributed by atoms with van der Waals surface area (Å²) in [5, 5.41) is 2.94. The predicted molar refractivity (Wildman–Crippen MR) is 109 cm³/mol. The van der Waals surface area contributed by atoms with Gasteiger partial charge in [-0.2, -0.15) is 0 Å². The van der Waals surface area contributed by atoms with E-state index in [1.165, 1.54) is 0 Å². The van der Waals surface area contributed by atoms with Crippen LogP contribution >= 0.6 is 0 Å². The number of anilines is 1. The van der Waals surface area contributed by atoms with Crippen molar-refractivity contribution < 1.29 is 19.1 Å². The Hall–Kier alpha value is -2.78. The maximum absolute atomic E-state index is 13.0. The Morgan fingerprint density at radius 3 is 2.83 bits per heavy atom. The minimum absolute atomic E-state index is 0.196. The summed E-state index contributed by atoms with van der Waals surface area (Å²) in [5.41, 5.74) is 0.798. The van der Waals surface area contributed by atoms with Gasteiger partial charge in [-0.15, -0.1) is 0 Å². The number of pyridine rings is 1. The number of esters is 1. The standard InChI is InChI=1S/C21H27N5O4/c1-3-29-18(27)14-25-10-6-21(7-11-25)20-23-9-12-26(20)13-17(30-21)19(28)24-16-5-4-8-22-15(16)2/h4-5,8-9,12,17H,3,6-7,10-11,13-14H2,1-2H3,(H,24,28)/t17-/m0/s1. The van der Waals surface area contributed by atoms with Crippen LogP contribution in [0, 0.1) is 6.92 Å². The number of likely N-dealkylation sites (tertiary alicyclic amines) is 1. The number of ether oxygens (including phenoxy) is 2. The zero-order valence-electron chi connectivity index (χ0n) is 17.3. The highest BCUT2D eigenvalue weighted by atomic mass is 16.5. The van der Waals surface area contributed by atoms with E-state index in [1.54, 1.807) is 25.4 Å². The maximum atomic E-state index is 13.0. The van der Waals surface area contributed by atoms with Crippen LogP contribution in [0.2, 0.25) is 0 Å². The number of imidazole rings is 1. The summed E-state index contributed by atoms with van der Waals surface area (Å²) in [4.78, 5) is 35.6. The van der Waals surface area contributed by atoms with Crippen molar-refractivity contribution in [2.24, 2.45) is 0 Å². The zero-order chi connectivity index (χ0) is 21.1. The molecule has 9 nitrogen and oxygen atoms in total. The molecule has 2 aliphatic rings. The van der Waals surface area contributed by atoms with Crippen molar-refractivity contribution in [1.29, 1.82) is 0 Å². The highest BCUT2D eigenvalue weighted by Crippen LogP contribution is 2.40. The van der Waals surface area contributed by atoms with Crippen LogP contribution in [-0.4, -0.2) is 63.7 Å². The lowest BCUT2D eigenvalue weighted by atomic mass is 9.88. The number of nitrogens with one attached hydrogen (secondary N) is 1. The van der Waals surface area contributed by atoms with E-state index in [0.29, 0.717) is 44.8 Å². The third-order valence-electron chi connectivity index (χ3n) is 5.73. The minimum Gasteiger partial charge on any atom is -0.465 e.